The number of aryl methyl sites for hydroxylation is 1. The molecule has 0 aliphatic carbocycles. The van der Waals surface area contributed by atoms with Gasteiger partial charge in [0.15, 0.2) is 0 Å². The molecule has 0 fully saturated rings. The third kappa shape index (κ3) is 2.60. The average Bonchev–Trinajstić information content (AvgIpc) is 3.11. The highest BCUT2D eigenvalue weighted by molar-refractivity contribution is 5.75. The Labute approximate surface area is 118 Å². The van der Waals surface area contributed by atoms with Crippen molar-refractivity contribution in [1.29, 1.82) is 0 Å². The van der Waals surface area contributed by atoms with Crippen LogP contribution in [0.5, 0.6) is 0 Å². The summed E-state index contributed by atoms with van der Waals surface area (Å²) in [5, 5.41) is 3.40. The van der Waals surface area contributed by atoms with Gasteiger partial charge in [0, 0.05) is 19.5 Å². The fourth-order valence-electron chi connectivity index (χ4n) is 2.46. The van der Waals surface area contributed by atoms with Gasteiger partial charge in [-0.05, 0) is 24.3 Å². The summed E-state index contributed by atoms with van der Waals surface area (Å²) >= 11 is 0. The highest BCUT2D eigenvalue weighted by atomic mass is 16.3. The Balaban J connectivity index is 1.67. The van der Waals surface area contributed by atoms with E-state index in [0.717, 1.165) is 43.2 Å². The first-order chi connectivity index (χ1) is 9.88. The molecule has 0 amide bonds. The molecule has 104 valence electrons. The van der Waals surface area contributed by atoms with Crippen molar-refractivity contribution in [3.8, 4) is 0 Å². The summed E-state index contributed by atoms with van der Waals surface area (Å²) in [7, 11) is 0. The molecule has 20 heavy (non-hydrogen) atoms. The normalized spacial score (nSPS) is 11.2. The van der Waals surface area contributed by atoms with Crippen LogP contribution in [-0.4, -0.2) is 16.1 Å². The van der Waals surface area contributed by atoms with Crippen molar-refractivity contribution in [1.82, 2.24) is 14.9 Å². The molecule has 0 spiro atoms. The summed E-state index contributed by atoms with van der Waals surface area (Å²) in [6.07, 6.45) is 2.66. The van der Waals surface area contributed by atoms with Crippen molar-refractivity contribution in [2.24, 2.45) is 0 Å². The first-order valence-electron chi connectivity index (χ1n) is 7.05. The van der Waals surface area contributed by atoms with Gasteiger partial charge in [0.1, 0.15) is 11.6 Å². The number of nitrogens with one attached hydrogen (secondary N) is 1. The topological polar surface area (TPSA) is 43.0 Å². The van der Waals surface area contributed by atoms with Crippen LogP contribution in [0.25, 0.3) is 11.0 Å². The number of hydrogen-bond acceptors (Lipinski definition) is 3. The standard InChI is InChI=1S/C16H19N3O/c1-2-16-18-14-7-3-4-8-15(14)19(16)10-9-17-12-13-6-5-11-20-13/h3-8,11,17H,2,9-10,12H2,1H3. The summed E-state index contributed by atoms with van der Waals surface area (Å²) in [5.41, 5.74) is 2.29. The van der Waals surface area contributed by atoms with Gasteiger partial charge in [0.05, 0.1) is 23.8 Å². The van der Waals surface area contributed by atoms with Crippen molar-refractivity contribution in [2.75, 3.05) is 6.54 Å². The van der Waals surface area contributed by atoms with Crippen LogP contribution in [0.1, 0.15) is 18.5 Å². The third-order valence-corrected chi connectivity index (χ3v) is 3.44. The van der Waals surface area contributed by atoms with Gasteiger partial charge >= 0.3 is 0 Å². The van der Waals surface area contributed by atoms with Crippen LogP contribution in [0.2, 0.25) is 0 Å². The molecule has 2 heterocycles. The molecule has 1 N–H and O–H groups in total. The molecule has 0 aliphatic rings. The van der Waals surface area contributed by atoms with E-state index in [4.69, 9.17) is 4.42 Å². The molecule has 1 aromatic carbocycles. The van der Waals surface area contributed by atoms with Crippen LogP contribution in [0.3, 0.4) is 0 Å². The van der Waals surface area contributed by atoms with Crippen molar-refractivity contribution in [2.45, 2.75) is 26.4 Å². The van der Waals surface area contributed by atoms with Gasteiger partial charge in [0.25, 0.3) is 0 Å². The summed E-state index contributed by atoms with van der Waals surface area (Å²) < 4.78 is 7.60. The van der Waals surface area contributed by atoms with Gasteiger partial charge in [-0.2, -0.15) is 0 Å². The van der Waals surface area contributed by atoms with Crippen molar-refractivity contribution < 1.29 is 4.42 Å². The van der Waals surface area contributed by atoms with Crippen molar-refractivity contribution in [3.05, 3.63) is 54.2 Å². The highest BCUT2D eigenvalue weighted by Gasteiger charge is 2.07. The molecule has 3 rings (SSSR count). The van der Waals surface area contributed by atoms with E-state index in [1.807, 2.05) is 18.2 Å². The maximum atomic E-state index is 5.30. The van der Waals surface area contributed by atoms with Crippen LogP contribution < -0.4 is 5.32 Å². The van der Waals surface area contributed by atoms with Gasteiger partial charge in [0.2, 0.25) is 0 Å². The zero-order valence-corrected chi connectivity index (χ0v) is 11.7. The predicted molar refractivity (Wildman–Crippen MR) is 79.5 cm³/mol. The Morgan fingerprint density at radius 1 is 1.20 bits per heavy atom. The summed E-state index contributed by atoms with van der Waals surface area (Å²) in [5.74, 6) is 2.11. The number of rotatable bonds is 6. The smallest absolute Gasteiger partial charge is 0.117 e. The molecule has 0 aliphatic heterocycles. The van der Waals surface area contributed by atoms with Crippen LogP contribution in [0.15, 0.2) is 47.1 Å². The number of fused-ring (bicyclic) bond motifs is 1. The van der Waals surface area contributed by atoms with E-state index < -0.39 is 0 Å². The third-order valence-electron chi connectivity index (χ3n) is 3.44. The van der Waals surface area contributed by atoms with Crippen LogP contribution in [0.4, 0.5) is 0 Å². The lowest BCUT2D eigenvalue weighted by molar-refractivity contribution is 0.475. The molecule has 0 bridgehead atoms. The Bertz CT molecular complexity index is 670. The van der Waals surface area contributed by atoms with Crippen LogP contribution in [-0.2, 0) is 19.5 Å². The van der Waals surface area contributed by atoms with E-state index in [-0.39, 0.29) is 0 Å². The number of benzene rings is 1. The van der Waals surface area contributed by atoms with Crippen LogP contribution in [0, 0.1) is 0 Å². The summed E-state index contributed by atoms with van der Waals surface area (Å²) in [6.45, 7) is 4.73. The fraction of sp³-hybridized carbons (Fsp3) is 0.312. The van der Waals surface area contributed by atoms with E-state index in [1.54, 1.807) is 6.26 Å². The quantitative estimate of drug-likeness (QED) is 0.700. The molecule has 0 unspecified atom stereocenters. The maximum Gasteiger partial charge on any atom is 0.117 e. The molecule has 2 aromatic heterocycles. The highest BCUT2D eigenvalue weighted by Crippen LogP contribution is 2.16. The van der Waals surface area contributed by atoms with Crippen molar-refractivity contribution in [3.63, 3.8) is 0 Å². The van der Waals surface area contributed by atoms with Crippen molar-refractivity contribution >= 4 is 11.0 Å². The van der Waals surface area contributed by atoms with Gasteiger partial charge in [-0.3, -0.25) is 0 Å². The second-order valence-corrected chi connectivity index (χ2v) is 4.78. The minimum atomic E-state index is 0.765. The molecule has 0 saturated heterocycles. The number of furan rings is 1. The molecular weight excluding hydrogens is 250 g/mol. The number of hydrogen-bond donors (Lipinski definition) is 1. The van der Waals surface area contributed by atoms with Gasteiger partial charge in [-0.15, -0.1) is 0 Å². The lowest BCUT2D eigenvalue weighted by Gasteiger charge is -2.08. The lowest BCUT2D eigenvalue weighted by atomic mass is 10.3. The Morgan fingerprint density at radius 2 is 2.10 bits per heavy atom. The van der Waals surface area contributed by atoms with Gasteiger partial charge < -0.3 is 14.3 Å². The molecule has 4 heteroatoms. The lowest BCUT2D eigenvalue weighted by Crippen LogP contribution is -2.20. The monoisotopic (exact) mass is 269 g/mol. The zero-order chi connectivity index (χ0) is 13.8. The fourth-order valence-corrected chi connectivity index (χ4v) is 2.46. The maximum absolute atomic E-state index is 5.30. The Hall–Kier alpha value is -2.07. The minimum absolute atomic E-state index is 0.765. The summed E-state index contributed by atoms with van der Waals surface area (Å²) in [6, 6.07) is 12.2. The zero-order valence-electron chi connectivity index (χ0n) is 11.7. The largest absolute Gasteiger partial charge is 0.468 e. The molecule has 0 atom stereocenters. The van der Waals surface area contributed by atoms with Gasteiger partial charge in [-0.1, -0.05) is 19.1 Å². The second-order valence-electron chi connectivity index (χ2n) is 4.78. The average molecular weight is 269 g/mol. The Kier molecular flexibility index (Phi) is 3.83. The number of imidazole rings is 1. The predicted octanol–water partition coefficient (Wildman–Crippen LogP) is 2.98. The SMILES string of the molecule is CCc1nc2ccccc2n1CCNCc1ccco1. The molecule has 0 saturated carbocycles. The van der Waals surface area contributed by atoms with E-state index in [1.165, 1.54) is 5.52 Å². The number of para-hydroxylation sites is 2. The first-order valence-corrected chi connectivity index (χ1v) is 7.05. The molecule has 3 aromatic rings. The van der Waals surface area contributed by atoms with E-state index in [9.17, 15) is 0 Å². The van der Waals surface area contributed by atoms with E-state index >= 15 is 0 Å². The molecule has 4 nitrogen and oxygen atoms in total. The number of aromatic nitrogens is 2. The second kappa shape index (κ2) is 5.92. The molecule has 0 radical (unpaired) electrons. The first kappa shape index (κ1) is 12.9. The van der Waals surface area contributed by atoms with Gasteiger partial charge in [-0.25, -0.2) is 4.98 Å². The van der Waals surface area contributed by atoms with E-state index in [0.29, 0.717) is 0 Å². The minimum Gasteiger partial charge on any atom is -0.468 e. The van der Waals surface area contributed by atoms with Crippen LogP contribution >= 0.6 is 0 Å². The summed E-state index contributed by atoms with van der Waals surface area (Å²) in [4.78, 5) is 4.68. The molecular formula is C16H19N3O. The Morgan fingerprint density at radius 3 is 2.90 bits per heavy atom. The van der Waals surface area contributed by atoms with E-state index in [2.05, 4.69) is 40.0 Å². The number of nitrogens with zero attached hydrogens (tertiary/aromatic N) is 2.